The highest BCUT2D eigenvalue weighted by molar-refractivity contribution is 5.99. The largest absolute Gasteiger partial charge is 0.384 e. The number of carbonyl (C=O) groups excluding carboxylic acids is 2. The molecule has 3 N–H and O–H groups in total. The van der Waals surface area contributed by atoms with Gasteiger partial charge in [-0.2, -0.15) is 0 Å². The maximum absolute atomic E-state index is 12.3. The molecule has 5 nitrogen and oxygen atoms in total. The molecule has 1 aliphatic heterocycles. The van der Waals surface area contributed by atoms with E-state index in [-0.39, 0.29) is 18.4 Å². The lowest BCUT2D eigenvalue weighted by Gasteiger charge is -2.23. The number of benzene rings is 1. The van der Waals surface area contributed by atoms with Crippen LogP contribution in [0.4, 0.5) is 0 Å². The summed E-state index contributed by atoms with van der Waals surface area (Å²) in [6.07, 6.45) is 1.49. The first-order valence-electron chi connectivity index (χ1n) is 6.91. The number of amides is 2. The van der Waals surface area contributed by atoms with Crippen LogP contribution in [0.15, 0.2) is 18.2 Å². The van der Waals surface area contributed by atoms with Crippen molar-refractivity contribution in [3.8, 4) is 11.8 Å². The second-order valence-corrected chi connectivity index (χ2v) is 4.97. The first-order chi connectivity index (χ1) is 10.1. The van der Waals surface area contributed by atoms with E-state index in [4.69, 9.17) is 5.11 Å². The Morgan fingerprint density at radius 1 is 1.52 bits per heavy atom. The predicted molar refractivity (Wildman–Crippen MR) is 78.6 cm³/mol. The summed E-state index contributed by atoms with van der Waals surface area (Å²) in [5.74, 6) is 4.85. The number of hydrogen-bond acceptors (Lipinski definition) is 3. The van der Waals surface area contributed by atoms with E-state index in [1.54, 1.807) is 12.1 Å². The standard InChI is InChI=1S/C16H18N2O3/c1-11-6-7-13(12(10-11)4-3-9-19)15(20)18-14-5-2-8-17-16(14)21/h6-7,10,14,19H,2,5,8-9H2,1H3,(H,17,21)(H,18,20). The monoisotopic (exact) mass is 286 g/mol. The average molecular weight is 286 g/mol. The predicted octanol–water partition coefficient (Wildman–Crippen LogP) is 0.347. The molecule has 0 radical (unpaired) electrons. The van der Waals surface area contributed by atoms with Crippen LogP contribution in [0.25, 0.3) is 0 Å². The number of nitrogens with one attached hydrogen (secondary N) is 2. The maximum atomic E-state index is 12.3. The van der Waals surface area contributed by atoms with Gasteiger partial charge in [0.25, 0.3) is 5.91 Å². The van der Waals surface area contributed by atoms with Gasteiger partial charge in [0.05, 0.1) is 5.56 Å². The Kier molecular flexibility index (Phi) is 4.96. The van der Waals surface area contributed by atoms with Crippen molar-refractivity contribution in [1.82, 2.24) is 10.6 Å². The molecule has 1 heterocycles. The smallest absolute Gasteiger partial charge is 0.253 e. The van der Waals surface area contributed by atoms with E-state index in [0.717, 1.165) is 12.0 Å². The summed E-state index contributed by atoms with van der Waals surface area (Å²) in [4.78, 5) is 24.0. The van der Waals surface area contributed by atoms with Gasteiger partial charge in [-0.25, -0.2) is 0 Å². The quantitative estimate of drug-likeness (QED) is 0.686. The topological polar surface area (TPSA) is 78.4 Å². The van der Waals surface area contributed by atoms with Crippen molar-refractivity contribution in [1.29, 1.82) is 0 Å². The number of rotatable bonds is 2. The van der Waals surface area contributed by atoms with Crippen molar-refractivity contribution >= 4 is 11.8 Å². The second kappa shape index (κ2) is 6.91. The van der Waals surface area contributed by atoms with Gasteiger partial charge in [-0.3, -0.25) is 9.59 Å². The Labute approximate surface area is 123 Å². The minimum Gasteiger partial charge on any atom is -0.384 e. The van der Waals surface area contributed by atoms with Gasteiger partial charge in [-0.05, 0) is 37.5 Å². The zero-order chi connectivity index (χ0) is 15.2. The van der Waals surface area contributed by atoms with Crippen molar-refractivity contribution < 1.29 is 14.7 Å². The summed E-state index contributed by atoms with van der Waals surface area (Å²) in [6, 6.07) is 4.80. The van der Waals surface area contributed by atoms with Crippen molar-refractivity contribution in [3.63, 3.8) is 0 Å². The van der Waals surface area contributed by atoms with Crippen LogP contribution < -0.4 is 10.6 Å². The Morgan fingerprint density at radius 3 is 3.05 bits per heavy atom. The normalized spacial score (nSPS) is 17.4. The zero-order valence-electron chi connectivity index (χ0n) is 11.9. The molecule has 0 bridgehead atoms. The number of aryl methyl sites for hydroxylation is 1. The van der Waals surface area contributed by atoms with E-state index in [1.807, 2.05) is 13.0 Å². The van der Waals surface area contributed by atoms with Gasteiger partial charge in [0.1, 0.15) is 12.6 Å². The third-order valence-electron chi connectivity index (χ3n) is 3.31. The van der Waals surface area contributed by atoms with E-state index in [9.17, 15) is 9.59 Å². The molecule has 1 fully saturated rings. The minimum absolute atomic E-state index is 0.148. The average Bonchev–Trinajstić information content (AvgIpc) is 2.47. The fourth-order valence-electron chi connectivity index (χ4n) is 2.24. The Morgan fingerprint density at radius 2 is 2.33 bits per heavy atom. The second-order valence-electron chi connectivity index (χ2n) is 4.97. The maximum Gasteiger partial charge on any atom is 0.253 e. The number of carbonyl (C=O) groups is 2. The summed E-state index contributed by atoms with van der Waals surface area (Å²) in [7, 11) is 0. The highest BCUT2D eigenvalue weighted by Gasteiger charge is 2.24. The van der Waals surface area contributed by atoms with Crippen LogP contribution in [0.1, 0.15) is 34.3 Å². The van der Waals surface area contributed by atoms with E-state index in [0.29, 0.717) is 24.1 Å². The lowest BCUT2D eigenvalue weighted by Crippen LogP contribution is -2.50. The molecule has 5 heteroatoms. The molecule has 1 aromatic rings. The van der Waals surface area contributed by atoms with E-state index in [2.05, 4.69) is 22.5 Å². The fourth-order valence-corrected chi connectivity index (χ4v) is 2.24. The van der Waals surface area contributed by atoms with Crippen LogP contribution in [0, 0.1) is 18.8 Å². The molecule has 0 aliphatic carbocycles. The van der Waals surface area contributed by atoms with E-state index < -0.39 is 6.04 Å². The lowest BCUT2D eigenvalue weighted by molar-refractivity contribution is -0.124. The van der Waals surface area contributed by atoms with Crippen LogP contribution >= 0.6 is 0 Å². The molecule has 1 atom stereocenters. The highest BCUT2D eigenvalue weighted by atomic mass is 16.2. The van der Waals surface area contributed by atoms with Gasteiger partial charge in [-0.15, -0.1) is 0 Å². The van der Waals surface area contributed by atoms with Gasteiger partial charge >= 0.3 is 0 Å². The van der Waals surface area contributed by atoms with E-state index >= 15 is 0 Å². The molecule has 21 heavy (non-hydrogen) atoms. The number of aliphatic hydroxyl groups excluding tert-OH is 1. The molecule has 1 saturated heterocycles. The van der Waals surface area contributed by atoms with E-state index in [1.165, 1.54) is 0 Å². The number of hydrogen-bond donors (Lipinski definition) is 3. The van der Waals surface area contributed by atoms with Gasteiger partial charge in [0.2, 0.25) is 5.91 Å². The molecule has 110 valence electrons. The van der Waals surface area contributed by atoms with Crippen LogP contribution in [0.2, 0.25) is 0 Å². The first-order valence-corrected chi connectivity index (χ1v) is 6.91. The molecule has 0 aromatic heterocycles. The van der Waals surface area contributed by atoms with Crippen LogP contribution in [0.3, 0.4) is 0 Å². The molecule has 1 aliphatic rings. The highest BCUT2D eigenvalue weighted by Crippen LogP contribution is 2.12. The van der Waals surface area contributed by atoms with Gasteiger partial charge in [0.15, 0.2) is 0 Å². The third kappa shape index (κ3) is 3.83. The van der Waals surface area contributed by atoms with Crippen molar-refractivity contribution in [2.45, 2.75) is 25.8 Å². The summed E-state index contributed by atoms with van der Waals surface area (Å²) in [6.45, 7) is 2.30. The molecule has 1 aromatic carbocycles. The Hall–Kier alpha value is -2.32. The number of piperidine rings is 1. The first kappa shape index (κ1) is 15.1. The molecule has 1 unspecified atom stereocenters. The SMILES string of the molecule is Cc1ccc(C(=O)NC2CCCNC2=O)c(C#CCO)c1. The molecule has 0 saturated carbocycles. The third-order valence-corrected chi connectivity index (χ3v) is 3.31. The van der Waals surface area contributed by atoms with Crippen molar-refractivity contribution in [3.05, 3.63) is 34.9 Å². The van der Waals surface area contributed by atoms with Gasteiger partial charge in [-0.1, -0.05) is 17.9 Å². The summed E-state index contributed by atoms with van der Waals surface area (Å²) in [5, 5.41) is 14.3. The lowest BCUT2D eigenvalue weighted by atomic mass is 10.0. The minimum atomic E-state index is -0.494. The zero-order valence-corrected chi connectivity index (χ0v) is 11.9. The van der Waals surface area contributed by atoms with Gasteiger partial charge < -0.3 is 15.7 Å². The van der Waals surface area contributed by atoms with Crippen LogP contribution in [-0.4, -0.2) is 36.1 Å². The van der Waals surface area contributed by atoms with Gasteiger partial charge in [0, 0.05) is 12.1 Å². The Bertz CT molecular complexity index is 614. The summed E-state index contributed by atoms with van der Waals surface area (Å²) in [5.41, 5.74) is 1.95. The molecule has 2 amide bonds. The van der Waals surface area contributed by atoms with Crippen LogP contribution in [0.5, 0.6) is 0 Å². The molecular formula is C16H18N2O3. The molecule has 0 spiro atoms. The fraction of sp³-hybridized carbons (Fsp3) is 0.375. The summed E-state index contributed by atoms with van der Waals surface area (Å²) >= 11 is 0. The van der Waals surface area contributed by atoms with Crippen molar-refractivity contribution in [2.24, 2.45) is 0 Å². The van der Waals surface area contributed by atoms with Crippen LogP contribution in [-0.2, 0) is 4.79 Å². The molecule has 2 rings (SSSR count). The number of aliphatic hydroxyl groups is 1. The van der Waals surface area contributed by atoms with Crippen molar-refractivity contribution in [2.75, 3.05) is 13.2 Å². The molecular weight excluding hydrogens is 268 g/mol. The summed E-state index contributed by atoms with van der Waals surface area (Å²) < 4.78 is 0. The Balaban J connectivity index is 2.20.